The molecule has 0 saturated carbocycles. The van der Waals surface area contributed by atoms with Crippen molar-refractivity contribution in [2.24, 2.45) is 11.7 Å². The van der Waals surface area contributed by atoms with Crippen LogP contribution in [0, 0.1) is 5.92 Å². The lowest BCUT2D eigenvalue weighted by molar-refractivity contribution is -0.142. The van der Waals surface area contributed by atoms with Crippen LogP contribution in [0.25, 0.3) is 0 Å². The van der Waals surface area contributed by atoms with E-state index < -0.39 is 35.9 Å². The van der Waals surface area contributed by atoms with Crippen molar-refractivity contribution in [3.05, 3.63) is 29.8 Å². The normalized spacial score (nSPS) is 12.1. The SMILES string of the molecule is CC(=O)CCCCC(=O)N[C@H](C(=O)N[C@@H](CCCNC(N)=O)C(=O)Nc1ccc(COC(C)=O)cc1)C(C)C. The number of nitrogens with two attached hydrogens (primary N) is 1. The van der Waals surface area contributed by atoms with E-state index in [4.69, 9.17) is 10.5 Å². The molecule has 0 spiro atoms. The van der Waals surface area contributed by atoms with Crippen LogP contribution in [-0.2, 0) is 35.3 Å². The fraction of sp³-hybridized carbons (Fsp3) is 0.556. The van der Waals surface area contributed by atoms with Crippen LogP contribution in [0.4, 0.5) is 10.5 Å². The van der Waals surface area contributed by atoms with E-state index in [1.165, 1.54) is 13.8 Å². The van der Waals surface area contributed by atoms with Crippen LogP contribution in [0.2, 0.25) is 0 Å². The molecule has 5 amide bonds. The zero-order valence-corrected chi connectivity index (χ0v) is 23.1. The number of primary amides is 1. The summed E-state index contributed by atoms with van der Waals surface area (Å²) in [5.41, 5.74) is 6.31. The Kier molecular flexibility index (Phi) is 14.9. The number of hydrogen-bond acceptors (Lipinski definition) is 7. The van der Waals surface area contributed by atoms with E-state index in [1.807, 2.05) is 0 Å². The maximum Gasteiger partial charge on any atom is 0.312 e. The van der Waals surface area contributed by atoms with Gasteiger partial charge < -0.3 is 36.5 Å². The predicted octanol–water partition coefficient (Wildman–Crippen LogP) is 1.91. The number of anilines is 1. The van der Waals surface area contributed by atoms with Gasteiger partial charge in [-0.15, -0.1) is 0 Å². The van der Waals surface area contributed by atoms with Gasteiger partial charge in [0, 0.05) is 32.0 Å². The summed E-state index contributed by atoms with van der Waals surface area (Å²) >= 11 is 0. The minimum atomic E-state index is -0.957. The number of ether oxygens (including phenoxy) is 1. The van der Waals surface area contributed by atoms with Gasteiger partial charge in [0.05, 0.1) is 0 Å². The van der Waals surface area contributed by atoms with E-state index in [2.05, 4.69) is 21.3 Å². The van der Waals surface area contributed by atoms with E-state index >= 15 is 0 Å². The second kappa shape index (κ2) is 17.5. The molecule has 0 bridgehead atoms. The summed E-state index contributed by atoms with van der Waals surface area (Å²) in [5, 5.41) is 10.7. The molecule has 0 saturated heterocycles. The number of amides is 5. The first kappa shape index (κ1) is 33.1. The van der Waals surface area contributed by atoms with Crippen LogP contribution in [0.1, 0.15) is 71.8 Å². The Bertz CT molecular complexity index is 995. The number of carbonyl (C=O) groups excluding carboxylic acids is 6. The van der Waals surface area contributed by atoms with Crippen molar-refractivity contribution in [2.45, 2.75) is 84.9 Å². The average molecular weight is 548 g/mol. The Hall–Kier alpha value is -3.96. The number of hydrogen-bond donors (Lipinski definition) is 5. The molecule has 39 heavy (non-hydrogen) atoms. The van der Waals surface area contributed by atoms with E-state index in [0.29, 0.717) is 31.4 Å². The Morgan fingerprint density at radius 2 is 1.51 bits per heavy atom. The minimum Gasteiger partial charge on any atom is -0.461 e. The zero-order chi connectivity index (χ0) is 29.4. The fourth-order valence-corrected chi connectivity index (χ4v) is 3.59. The van der Waals surface area contributed by atoms with E-state index in [-0.39, 0.29) is 43.6 Å². The number of esters is 1. The topological polar surface area (TPSA) is 186 Å². The molecule has 0 aliphatic rings. The Morgan fingerprint density at radius 3 is 2.08 bits per heavy atom. The van der Waals surface area contributed by atoms with E-state index in [9.17, 15) is 28.8 Å². The standard InChI is InChI=1S/C27H41N5O7/c1-17(2)24(32-23(35)10-6-5-8-18(3)33)26(37)31-22(9-7-15-29-27(28)38)25(36)30-21-13-11-20(12-14-21)16-39-19(4)34/h11-14,17,22,24H,5-10,15-16H2,1-4H3,(H,30,36)(H,31,37)(H,32,35)(H3,28,29,38)/t22-,24-/m0/s1. The number of carbonyl (C=O) groups is 6. The molecule has 1 aromatic rings. The Morgan fingerprint density at radius 1 is 0.872 bits per heavy atom. The zero-order valence-electron chi connectivity index (χ0n) is 23.1. The number of urea groups is 1. The third kappa shape index (κ3) is 14.5. The first-order valence-corrected chi connectivity index (χ1v) is 13.0. The van der Waals surface area contributed by atoms with Crippen LogP contribution in [-0.4, -0.2) is 54.1 Å². The Balaban J connectivity index is 2.86. The van der Waals surface area contributed by atoms with Crippen LogP contribution in [0.3, 0.4) is 0 Å². The molecule has 0 aliphatic heterocycles. The smallest absolute Gasteiger partial charge is 0.312 e. The molecule has 2 atom stereocenters. The van der Waals surface area contributed by atoms with Gasteiger partial charge in [0.1, 0.15) is 24.5 Å². The lowest BCUT2D eigenvalue weighted by Gasteiger charge is -2.25. The van der Waals surface area contributed by atoms with Gasteiger partial charge in [0.2, 0.25) is 17.7 Å². The highest BCUT2D eigenvalue weighted by atomic mass is 16.5. The molecule has 0 unspecified atom stereocenters. The molecule has 0 radical (unpaired) electrons. The number of benzene rings is 1. The second-order valence-electron chi connectivity index (χ2n) is 9.66. The van der Waals surface area contributed by atoms with Crippen molar-refractivity contribution in [1.82, 2.24) is 16.0 Å². The molecule has 6 N–H and O–H groups in total. The molecule has 12 heteroatoms. The third-order valence-electron chi connectivity index (χ3n) is 5.71. The molecule has 0 heterocycles. The highest BCUT2D eigenvalue weighted by Crippen LogP contribution is 2.13. The van der Waals surface area contributed by atoms with Gasteiger partial charge in [0.15, 0.2) is 0 Å². The van der Waals surface area contributed by atoms with E-state index in [0.717, 1.165) is 5.56 Å². The number of Topliss-reactive ketones (excluding diaryl/α,β-unsaturated/α-hetero) is 1. The summed E-state index contributed by atoms with van der Waals surface area (Å²) in [7, 11) is 0. The summed E-state index contributed by atoms with van der Waals surface area (Å²) in [5.74, 6) is -1.90. The predicted molar refractivity (Wildman–Crippen MR) is 145 cm³/mol. The first-order chi connectivity index (χ1) is 18.4. The maximum atomic E-state index is 13.1. The van der Waals surface area contributed by atoms with Gasteiger partial charge in [-0.1, -0.05) is 26.0 Å². The molecular formula is C27H41N5O7. The van der Waals surface area contributed by atoms with Gasteiger partial charge in [-0.2, -0.15) is 0 Å². The van der Waals surface area contributed by atoms with Crippen LogP contribution in [0.5, 0.6) is 0 Å². The minimum absolute atomic E-state index is 0.0585. The highest BCUT2D eigenvalue weighted by molar-refractivity contribution is 5.98. The second-order valence-corrected chi connectivity index (χ2v) is 9.66. The summed E-state index contributed by atoms with van der Waals surface area (Å²) in [6.07, 6.45) is 2.25. The van der Waals surface area contributed by atoms with Crippen molar-refractivity contribution < 1.29 is 33.5 Å². The lowest BCUT2D eigenvalue weighted by Crippen LogP contribution is -2.54. The number of unbranched alkanes of at least 4 members (excludes halogenated alkanes) is 1. The molecule has 0 aliphatic carbocycles. The summed E-state index contributed by atoms with van der Waals surface area (Å²) in [4.78, 5) is 71.7. The van der Waals surface area contributed by atoms with Crippen LogP contribution in [0.15, 0.2) is 24.3 Å². The quantitative estimate of drug-likeness (QED) is 0.146. The molecule has 1 aromatic carbocycles. The van der Waals surface area contributed by atoms with Crippen LogP contribution >= 0.6 is 0 Å². The number of nitrogens with one attached hydrogen (secondary N) is 4. The molecule has 216 valence electrons. The van der Waals surface area contributed by atoms with Gasteiger partial charge in [-0.05, 0) is 56.2 Å². The first-order valence-electron chi connectivity index (χ1n) is 13.0. The fourth-order valence-electron chi connectivity index (χ4n) is 3.59. The Labute approximate surface area is 229 Å². The van der Waals surface area contributed by atoms with Crippen molar-refractivity contribution in [1.29, 1.82) is 0 Å². The molecular weight excluding hydrogens is 506 g/mol. The van der Waals surface area contributed by atoms with Gasteiger partial charge in [-0.25, -0.2) is 4.79 Å². The van der Waals surface area contributed by atoms with Gasteiger partial charge >= 0.3 is 12.0 Å². The largest absolute Gasteiger partial charge is 0.461 e. The van der Waals surface area contributed by atoms with Crippen molar-refractivity contribution >= 4 is 41.2 Å². The van der Waals surface area contributed by atoms with Gasteiger partial charge in [-0.3, -0.25) is 19.2 Å². The highest BCUT2D eigenvalue weighted by Gasteiger charge is 2.28. The van der Waals surface area contributed by atoms with Crippen molar-refractivity contribution in [3.8, 4) is 0 Å². The molecule has 12 nitrogen and oxygen atoms in total. The summed E-state index contributed by atoms with van der Waals surface area (Å²) in [6.45, 7) is 6.69. The van der Waals surface area contributed by atoms with E-state index in [1.54, 1.807) is 38.1 Å². The monoisotopic (exact) mass is 547 g/mol. The van der Waals surface area contributed by atoms with Crippen molar-refractivity contribution in [3.63, 3.8) is 0 Å². The summed E-state index contributed by atoms with van der Waals surface area (Å²) in [6, 6.07) is 4.17. The molecule has 0 aromatic heterocycles. The average Bonchev–Trinajstić information content (AvgIpc) is 2.85. The van der Waals surface area contributed by atoms with Crippen LogP contribution < -0.4 is 27.0 Å². The maximum absolute atomic E-state index is 13.1. The third-order valence-corrected chi connectivity index (χ3v) is 5.71. The molecule has 1 rings (SSSR count). The lowest BCUT2D eigenvalue weighted by atomic mass is 10.0. The number of ketones is 1. The van der Waals surface area contributed by atoms with Crippen molar-refractivity contribution in [2.75, 3.05) is 11.9 Å². The number of rotatable bonds is 17. The summed E-state index contributed by atoms with van der Waals surface area (Å²) < 4.78 is 4.95. The molecule has 0 fully saturated rings. The van der Waals surface area contributed by atoms with Gasteiger partial charge in [0.25, 0.3) is 0 Å².